The lowest BCUT2D eigenvalue weighted by atomic mass is 10.2. The average molecular weight is 318 g/mol. The van der Waals surface area contributed by atoms with Crippen LogP contribution in [0.1, 0.15) is 19.8 Å². The van der Waals surface area contributed by atoms with Crippen molar-refractivity contribution in [2.45, 2.75) is 36.9 Å². The van der Waals surface area contributed by atoms with Crippen molar-refractivity contribution in [3.63, 3.8) is 0 Å². The molecule has 1 aromatic rings. The first-order chi connectivity index (χ1) is 8.06. The van der Waals surface area contributed by atoms with Gasteiger partial charge in [0.15, 0.2) is 0 Å². The number of hydrogen-bond acceptors (Lipinski definition) is 3. The largest absolute Gasteiger partial charge is 0.399 e. The maximum Gasteiger partial charge on any atom is 0.0698 e. The van der Waals surface area contributed by atoms with E-state index < -0.39 is 10.8 Å². The van der Waals surface area contributed by atoms with Crippen LogP contribution in [0, 0.1) is 0 Å². The molecule has 0 saturated carbocycles. The molecule has 17 heavy (non-hydrogen) atoms. The highest BCUT2D eigenvalue weighted by molar-refractivity contribution is 9.10. The van der Waals surface area contributed by atoms with Crippen LogP contribution in [0.25, 0.3) is 0 Å². The Kier molecular flexibility index (Phi) is 4.22. The Labute approximate surface area is 112 Å². The summed E-state index contributed by atoms with van der Waals surface area (Å²) in [5, 5.41) is 0. The summed E-state index contributed by atoms with van der Waals surface area (Å²) in [7, 11) is -1.04. The van der Waals surface area contributed by atoms with Gasteiger partial charge in [-0.3, -0.25) is 4.21 Å². The summed E-state index contributed by atoms with van der Waals surface area (Å²) in [6.45, 7) is 2.06. The van der Waals surface area contributed by atoms with Gasteiger partial charge in [-0.1, -0.05) is 0 Å². The van der Waals surface area contributed by atoms with Crippen LogP contribution >= 0.6 is 15.9 Å². The van der Waals surface area contributed by atoms with Crippen molar-refractivity contribution in [2.24, 2.45) is 0 Å². The second-order valence-corrected chi connectivity index (χ2v) is 6.67. The highest BCUT2D eigenvalue weighted by atomic mass is 79.9. The highest BCUT2D eigenvalue weighted by Gasteiger charge is 2.24. The molecule has 1 aliphatic heterocycles. The minimum atomic E-state index is -1.04. The smallest absolute Gasteiger partial charge is 0.0698 e. The summed E-state index contributed by atoms with van der Waals surface area (Å²) in [4.78, 5) is 0.794. The van der Waals surface area contributed by atoms with Crippen LogP contribution in [0.5, 0.6) is 0 Å². The fourth-order valence-corrected chi connectivity index (χ4v) is 4.17. The number of anilines is 1. The van der Waals surface area contributed by atoms with Crippen LogP contribution in [-0.2, 0) is 15.5 Å². The average Bonchev–Trinajstić information content (AvgIpc) is 2.63. The second-order valence-electron chi connectivity index (χ2n) is 4.35. The van der Waals surface area contributed by atoms with E-state index in [0.29, 0.717) is 17.5 Å². The van der Waals surface area contributed by atoms with Gasteiger partial charge >= 0.3 is 0 Å². The number of nitrogens with two attached hydrogens (primary N) is 1. The molecular weight excluding hydrogens is 302 g/mol. The van der Waals surface area contributed by atoms with Crippen molar-refractivity contribution in [3.8, 4) is 0 Å². The Balaban J connectivity index is 2.04. The summed E-state index contributed by atoms with van der Waals surface area (Å²) < 4.78 is 18.7. The quantitative estimate of drug-likeness (QED) is 0.872. The normalized spacial score (nSPS) is 26.0. The van der Waals surface area contributed by atoms with E-state index in [-0.39, 0.29) is 6.10 Å². The third-order valence-electron chi connectivity index (χ3n) is 2.86. The van der Waals surface area contributed by atoms with Gasteiger partial charge in [0, 0.05) is 10.2 Å². The van der Waals surface area contributed by atoms with E-state index in [4.69, 9.17) is 10.5 Å². The van der Waals surface area contributed by atoms with Crippen molar-refractivity contribution < 1.29 is 8.95 Å². The van der Waals surface area contributed by atoms with Crippen LogP contribution in [-0.4, -0.2) is 22.2 Å². The van der Waals surface area contributed by atoms with Gasteiger partial charge in [0.1, 0.15) is 0 Å². The number of rotatable bonds is 3. The molecule has 3 unspecified atom stereocenters. The molecule has 2 N–H and O–H groups in total. The van der Waals surface area contributed by atoms with Crippen molar-refractivity contribution in [1.82, 2.24) is 0 Å². The Bertz CT molecular complexity index is 439. The van der Waals surface area contributed by atoms with Gasteiger partial charge in [0.25, 0.3) is 0 Å². The first kappa shape index (κ1) is 13.1. The maximum absolute atomic E-state index is 12.2. The molecule has 94 valence electrons. The topological polar surface area (TPSA) is 52.3 Å². The Morgan fingerprint density at radius 3 is 2.88 bits per heavy atom. The van der Waals surface area contributed by atoms with Gasteiger partial charge < -0.3 is 10.5 Å². The molecule has 0 amide bonds. The first-order valence-electron chi connectivity index (χ1n) is 5.65. The van der Waals surface area contributed by atoms with E-state index in [1.807, 2.05) is 6.07 Å². The van der Waals surface area contributed by atoms with Gasteiger partial charge in [-0.15, -0.1) is 0 Å². The molecule has 1 aliphatic rings. The molecule has 5 heteroatoms. The van der Waals surface area contributed by atoms with Gasteiger partial charge in [-0.05, 0) is 53.9 Å². The van der Waals surface area contributed by atoms with Crippen LogP contribution in [0.3, 0.4) is 0 Å². The molecule has 3 nitrogen and oxygen atoms in total. The molecule has 1 fully saturated rings. The maximum atomic E-state index is 12.2. The Morgan fingerprint density at radius 1 is 1.53 bits per heavy atom. The van der Waals surface area contributed by atoms with Gasteiger partial charge in [-0.25, -0.2) is 0 Å². The zero-order valence-electron chi connectivity index (χ0n) is 9.69. The molecule has 1 heterocycles. The fourth-order valence-electron chi connectivity index (χ4n) is 1.97. The zero-order valence-corrected chi connectivity index (χ0v) is 12.1. The third-order valence-corrected chi connectivity index (χ3v) is 5.30. The molecule has 1 saturated heterocycles. The molecular formula is C12H16BrNO2S. The number of benzene rings is 1. The molecule has 0 spiro atoms. The lowest BCUT2D eigenvalue weighted by molar-refractivity contribution is 0.0695. The van der Waals surface area contributed by atoms with Gasteiger partial charge in [0.05, 0.1) is 33.7 Å². The summed E-state index contributed by atoms with van der Waals surface area (Å²) in [5.74, 6) is 0.562. The van der Waals surface area contributed by atoms with E-state index in [1.165, 1.54) is 0 Å². The molecule has 0 radical (unpaired) electrons. The van der Waals surface area contributed by atoms with Crippen molar-refractivity contribution in [2.75, 3.05) is 11.5 Å². The highest BCUT2D eigenvalue weighted by Crippen LogP contribution is 2.26. The van der Waals surface area contributed by atoms with Crippen LogP contribution < -0.4 is 5.73 Å². The molecule has 2 rings (SSSR count). The first-order valence-corrected chi connectivity index (χ1v) is 7.76. The van der Waals surface area contributed by atoms with Crippen molar-refractivity contribution >= 4 is 32.4 Å². The molecule has 0 bridgehead atoms. The zero-order chi connectivity index (χ0) is 12.4. The Morgan fingerprint density at radius 2 is 2.29 bits per heavy atom. The van der Waals surface area contributed by atoms with Gasteiger partial charge in [0.2, 0.25) is 0 Å². The summed E-state index contributed by atoms with van der Waals surface area (Å²) in [5.41, 5.74) is 6.33. The van der Waals surface area contributed by atoms with E-state index in [1.54, 1.807) is 12.1 Å². The number of hydrogen-bond donors (Lipinski definition) is 1. The summed E-state index contributed by atoms with van der Waals surface area (Å²) in [6, 6.07) is 5.37. The minimum Gasteiger partial charge on any atom is -0.399 e. The van der Waals surface area contributed by atoms with E-state index in [2.05, 4.69) is 22.9 Å². The molecule has 1 aromatic carbocycles. The second kappa shape index (κ2) is 5.50. The lowest BCUT2D eigenvalue weighted by Crippen LogP contribution is -2.17. The monoisotopic (exact) mass is 317 g/mol. The predicted molar refractivity (Wildman–Crippen MR) is 73.4 cm³/mol. The van der Waals surface area contributed by atoms with Crippen LogP contribution in [0.2, 0.25) is 0 Å². The summed E-state index contributed by atoms with van der Waals surface area (Å²) >= 11 is 3.40. The predicted octanol–water partition coefficient (Wildman–Crippen LogP) is 2.71. The Hall–Kier alpha value is -0.390. The fraction of sp³-hybridized carbons (Fsp3) is 0.500. The molecule has 0 aliphatic carbocycles. The van der Waals surface area contributed by atoms with Crippen molar-refractivity contribution in [3.05, 3.63) is 22.7 Å². The van der Waals surface area contributed by atoms with E-state index >= 15 is 0 Å². The number of nitrogen functional groups attached to an aromatic ring is 1. The van der Waals surface area contributed by atoms with E-state index in [9.17, 15) is 4.21 Å². The molecule has 3 atom stereocenters. The van der Waals surface area contributed by atoms with Gasteiger partial charge in [-0.2, -0.15) is 0 Å². The number of halogens is 1. The number of ether oxygens (including phenoxy) is 1. The SMILES string of the molecule is CC1CCC(CS(=O)c2ccc(N)cc2Br)O1. The lowest BCUT2D eigenvalue weighted by Gasteiger charge is -2.11. The summed E-state index contributed by atoms with van der Waals surface area (Å²) in [6.07, 6.45) is 2.48. The standard InChI is InChI=1S/C12H16BrNO2S/c1-8-2-4-10(16-8)7-17(15)12-5-3-9(14)6-11(12)13/h3,5-6,8,10H,2,4,7,14H2,1H3. The van der Waals surface area contributed by atoms with E-state index in [0.717, 1.165) is 22.2 Å². The minimum absolute atomic E-state index is 0.121. The van der Waals surface area contributed by atoms with Crippen molar-refractivity contribution in [1.29, 1.82) is 0 Å². The van der Waals surface area contributed by atoms with Crippen LogP contribution in [0.15, 0.2) is 27.6 Å². The third kappa shape index (κ3) is 3.30. The van der Waals surface area contributed by atoms with Crippen LogP contribution in [0.4, 0.5) is 5.69 Å². The molecule has 0 aromatic heterocycles.